The number of aromatic nitrogens is 4. The number of carboxylic acid groups (broad SMARTS) is 1. The summed E-state index contributed by atoms with van der Waals surface area (Å²) in [7, 11) is 0. The maximum absolute atomic E-state index is 12.4. The Labute approximate surface area is 176 Å². The summed E-state index contributed by atoms with van der Waals surface area (Å²) in [6, 6.07) is 7.82. The highest BCUT2D eigenvalue weighted by molar-refractivity contribution is 7.15. The van der Waals surface area contributed by atoms with E-state index in [1.54, 1.807) is 4.90 Å². The van der Waals surface area contributed by atoms with Crippen molar-refractivity contribution in [2.75, 3.05) is 18.0 Å². The Morgan fingerprint density at radius 2 is 2.17 bits per heavy atom. The van der Waals surface area contributed by atoms with Crippen LogP contribution in [0.3, 0.4) is 0 Å². The molecule has 10 nitrogen and oxygen atoms in total. The van der Waals surface area contributed by atoms with Crippen LogP contribution in [0.1, 0.15) is 24.2 Å². The topological polar surface area (TPSA) is 141 Å². The Morgan fingerprint density at radius 3 is 2.87 bits per heavy atom. The highest BCUT2D eigenvalue weighted by Gasteiger charge is 2.36. The molecule has 1 aromatic carbocycles. The molecular formula is C19H22N6O4S. The van der Waals surface area contributed by atoms with Crippen LogP contribution in [0.2, 0.25) is 0 Å². The number of amides is 2. The van der Waals surface area contributed by atoms with Gasteiger partial charge in [-0.15, -0.1) is 10.2 Å². The van der Waals surface area contributed by atoms with Crippen molar-refractivity contribution in [2.45, 2.75) is 26.2 Å². The molecule has 1 aliphatic heterocycles. The minimum atomic E-state index is -0.359. The Morgan fingerprint density at radius 1 is 1.40 bits per heavy atom. The quantitative estimate of drug-likeness (QED) is 0.502. The van der Waals surface area contributed by atoms with E-state index in [9.17, 15) is 9.59 Å². The molecule has 0 bridgehead atoms. The maximum Gasteiger partial charge on any atom is 0.290 e. The van der Waals surface area contributed by atoms with Gasteiger partial charge in [0.25, 0.3) is 6.47 Å². The van der Waals surface area contributed by atoms with Crippen molar-refractivity contribution in [3.05, 3.63) is 35.1 Å². The van der Waals surface area contributed by atoms with Crippen LogP contribution in [-0.4, -0.2) is 56.6 Å². The molecular weight excluding hydrogens is 408 g/mol. The van der Waals surface area contributed by atoms with Crippen LogP contribution in [0.25, 0.3) is 11.0 Å². The lowest BCUT2D eigenvalue weighted by atomic mass is 10.1. The average molecular weight is 430 g/mol. The van der Waals surface area contributed by atoms with Gasteiger partial charge in [0.05, 0.1) is 17.0 Å². The summed E-state index contributed by atoms with van der Waals surface area (Å²) >= 11 is 1.40. The summed E-state index contributed by atoms with van der Waals surface area (Å²) in [5.41, 5.74) is 1.90. The second-order valence-electron chi connectivity index (χ2n) is 6.58. The van der Waals surface area contributed by atoms with Gasteiger partial charge in [0.15, 0.2) is 0 Å². The number of rotatable bonds is 6. The number of benzene rings is 1. The molecule has 4 rings (SSSR count). The van der Waals surface area contributed by atoms with Gasteiger partial charge in [-0.2, -0.15) is 0 Å². The molecule has 3 N–H and O–H groups in total. The lowest BCUT2D eigenvalue weighted by Crippen LogP contribution is -2.34. The van der Waals surface area contributed by atoms with Crippen LogP contribution in [0.15, 0.2) is 24.3 Å². The number of aryl methyl sites for hydroxylation is 1. The molecule has 3 aromatic rings. The third kappa shape index (κ3) is 4.98. The van der Waals surface area contributed by atoms with Crippen molar-refractivity contribution >= 4 is 45.8 Å². The second-order valence-corrected chi connectivity index (χ2v) is 7.62. The van der Waals surface area contributed by atoms with Crippen molar-refractivity contribution in [1.29, 1.82) is 0 Å². The summed E-state index contributed by atoms with van der Waals surface area (Å²) in [5.74, 6) is 0.289. The van der Waals surface area contributed by atoms with E-state index in [-0.39, 0.29) is 30.6 Å². The van der Waals surface area contributed by atoms with E-state index in [2.05, 4.69) is 25.5 Å². The summed E-state index contributed by atoms with van der Waals surface area (Å²) in [6.45, 7) is 2.57. The van der Waals surface area contributed by atoms with Gasteiger partial charge in [-0.25, -0.2) is 4.98 Å². The first-order valence-electron chi connectivity index (χ1n) is 9.47. The molecule has 1 saturated heterocycles. The zero-order valence-corrected chi connectivity index (χ0v) is 17.2. The van der Waals surface area contributed by atoms with Crippen molar-refractivity contribution in [3.63, 3.8) is 0 Å². The number of nitrogens with zero attached hydrogens (tertiary/aromatic N) is 4. The van der Waals surface area contributed by atoms with E-state index < -0.39 is 0 Å². The fourth-order valence-corrected chi connectivity index (χ4v) is 3.94. The van der Waals surface area contributed by atoms with Crippen molar-refractivity contribution in [1.82, 2.24) is 25.5 Å². The number of aromatic amines is 1. The number of fused-ring (bicyclic) bond motifs is 1. The normalized spacial score (nSPS) is 15.7. The molecule has 2 aromatic heterocycles. The van der Waals surface area contributed by atoms with Gasteiger partial charge in [0, 0.05) is 25.9 Å². The zero-order chi connectivity index (χ0) is 21.5. The summed E-state index contributed by atoms with van der Waals surface area (Å²) in [4.78, 5) is 42.4. The van der Waals surface area contributed by atoms with E-state index in [4.69, 9.17) is 9.90 Å². The van der Waals surface area contributed by atoms with Crippen molar-refractivity contribution < 1.29 is 19.5 Å². The minimum Gasteiger partial charge on any atom is -0.483 e. The van der Waals surface area contributed by atoms with Crippen molar-refractivity contribution in [2.24, 2.45) is 5.92 Å². The fourth-order valence-electron chi connectivity index (χ4n) is 3.14. The first-order chi connectivity index (χ1) is 14.5. The number of carbonyl (C=O) groups excluding carboxylic acids is 2. The molecule has 11 heteroatoms. The van der Waals surface area contributed by atoms with Crippen LogP contribution in [-0.2, 0) is 27.2 Å². The minimum absolute atomic E-state index is 0.0776. The van der Waals surface area contributed by atoms with Gasteiger partial charge in [0.1, 0.15) is 10.8 Å². The number of nitrogens with one attached hydrogen (secondary N) is 2. The molecule has 1 fully saturated rings. The highest BCUT2D eigenvalue weighted by atomic mass is 32.1. The van der Waals surface area contributed by atoms with Gasteiger partial charge in [0.2, 0.25) is 16.9 Å². The molecule has 1 unspecified atom stereocenters. The van der Waals surface area contributed by atoms with Crippen LogP contribution >= 0.6 is 11.3 Å². The number of hydrogen-bond acceptors (Lipinski definition) is 7. The van der Waals surface area contributed by atoms with Crippen molar-refractivity contribution in [3.8, 4) is 0 Å². The average Bonchev–Trinajstić information content (AvgIpc) is 3.45. The number of anilines is 1. The van der Waals surface area contributed by atoms with Crippen LogP contribution in [0.5, 0.6) is 0 Å². The van der Waals surface area contributed by atoms with Crippen LogP contribution in [0.4, 0.5) is 5.13 Å². The third-order valence-corrected chi connectivity index (χ3v) is 5.68. The highest BCUT2D eigenvalue weighted by Crippen LogP contribution is 2.28. The molecule has 0 spiro atoms. The van der Waals surface area contributed by atoms with E-state index in [1.807, 2.05) is 31.2 Å². The van der Waals surface area contributed by atoms with Gasteiger partial charge in [-0.1, -0.05) is 30.4 Å². The lowest BCUT2D eigenvalue weighted by molar-refractivity contribution is -0.126. The van der Waals surface area contributed by atoms with Crippen LogP contribution in [0, 0.1) is 5.92 Å². The first-order valence-corrected chi connectivity index (χ1v) is 10.3. The Kier molecular flexibility index (Phi) is 7.07. The Hall–Kier alpha value is -3.34. The van der Waals surface area contributed by atoms with Crippen LogP contribution < -0.4 is 10.2 Å². The number of para-hydroxylation sites is 2. The molecule has 1 atom stereocenters. The number of imidazole rings is 1. The van der Waals surface area contributed by atoms with Gasteiger partial charge >= 0.3 is 0 Å². The summed E-state index contributed by atoms with van der Waals surface area (Å²) in [5, 5.41) is 19.4. The zero-order valence-electron chi connectivity index (χ0n) is 16.4. The number of H-pyrrole nitrogens is 1. The first kappa shape index (κ1) is 21.4. The Balaban J connectivity index is 0.000000806. The molecule has 0 radical (unpaired) electrons. The molecule has 0 saturated carbocycles. The third-order valence-electron chi connectivity index (χ3n) is 4.58. The largest absolute Gasteiger partial charge is 0.483 e. The summed E-state index contributed by atoms with van der Waals surface area (Å²) in [6.07, 6.45) is 1.60. The predicted molar refractivity (Wildman–Crippen MR) is 111 cm³/mol. The Bertz CT molecular complexity index is 1000. The van der Waals surface area contributed by atoms with Gasteiger partial charge in [-0.3, -0.25) is 19.3 Å². The smallest absolute Gasteiger partial charge is 0.290 e. The number of carbonyl (C=O) groups is 3. The molecule has 30 heavy (non-hydrogen) atoms. The fraction of sp³-hybridized carbons (Fsp3) is 0.368. The predicted octanol–water partition coefficient (Wildman–Crippen LogP) is 1.39. The van der Waals surface area contributed by atoms with Gasteiger partial charge in [-0.05, 0) is 18.6 Å². The van der Waals surface area contributed by atoms with E-state index in [0.29, 0.717) is 24.6 Å². The van der Waals surface area contributed by atoms with Gasteiger partial charge < -0.3 is 15.4 Å². The molecule has 3 heterocycles. The van der Waals surface area contributed by atoms with E-state index in [1.165, 1.54) is 11.3 Å². The van der Waals surface area contributed by atoms with E-state index >= 15 is 0 Å². The molecule has 2 amide bonds. The molecule has 0 aliphatic carbocycles. The standard InChI is InChI=1S/C18H20N6O2S.CH2O2/c1-2-15-22-23-18(27-15)24-10-11(9-16(24)25)17(26)19-8-7-14-20-12-5-3-4-6-13(12)21-14;2-1-3/h3-6,11H,2,7-10H2,1H3,(H,19,26)(H,20,21);1H,(H,2,3). The summed E-state index contributed by atoms with van der Waals surface area (Å²) < 4.78 is 0. The van der Waals surface area contributed by atoms with E-state index in [0.717, 1.165) is 28.3 Å². The monoisotopic (exact) mass is 430 g/mol. The molecule has 158 valence electrons. The lowest BCUT2D eigenvalue weighted by Gasteiger charge is -2.12. The number of hydrogen-bond donors (Lipinski definition) is 3. The second kappa shape index (κ2) is 9.92. The SMILES string of the molecule is CCc1nnc(N2CC(C(=O)NCCc3nc4ccccc4[nH]3)CC2=O)s1.O=CO. The molecule has 1 aliphatic rings. The maximum atomic E-state index is 12.4.